The van der Waals surface area contributed by atoms with Crippen molar-refractivity contribution in [3.63, 3.8) is 0 Å². The third-order valence-corrected chi connectivity index (χ3v) is 5.01. The number of fused-ring (bicyclic) bond motifs is 1. The summed E-state index contributed by atoms with van der Waals surface area (Å²) in [6.45, 7) is 0.134. The van der Waals surface area contributed by atoms with Crippen molar-refractivity contribution in [3.8, 4) is 5.75 Å². The van der Waals surface area contributed by atoms with E-state index in [1.165, 1.54) is 19.7 Å². The van der Waals surface area contributed by atoms with Crippen molar-refractivity contribution in [2.75, 3.05) is 14.1 Å². The van der Waals surface area contributed by atoms with Crippen LogP contribution in [-0.4, -0.2) is 31.9 Å². The van der Waals surface area contributed by atoms with Gasteiger partial charge in [-0.05, 0) is 42.9 Å². The Morgan fingerprint density at radius 1 is 1.26 bits per heavy atom. The first kappa shape index (κ1) is 14.3. The van der Waals surface area contributed by atoms with E-state index in [0.29, 0.717) is 5.56 Å². The zero-order chi connectivity index (χ0) is 14.0. The van der Waals surface area contributed by atoms with Gasteiger partial charge in [-0.15, -0.1) is 0 Å². The van der Waals surface area contributed by atoms with Crippen LogP contribution in [0.5, 0.6) is 5.75 Å². The van der Waals surface area contributed by atoms with Gasteiger partial charge in [0, 0.05) is 26.2 Å². The average Bonchev–Trinajstić information content (AvgIpc) is 2.37. The maximum atomic E-state index is 11.7. The Kier molecular flexibility index (Phi) is 4.13. The quantitative estimate of drug-likeness (QED) is 0.872. The van der Waals surface area contributed by atoms with Crippen LogP contribution in [0.1, 0.15) is 29.5 Å². The molecule has 1 aliphatic carbocycles. The highest BCUT2D eigenvalue weighted by atomic mass is 32.2. The lowest BCUT2D eigenvalue weighted by atomic mass is 9.88. The number of nitrogens with one attached hydrogen (secondary N) is 1. The van der Waals surface area contributed by atoms with Crippen molar-refractivity contribution in [2.45, 2.75) is 32.2 Å². The molecule has 19 heavy (non-hydrogen) atoms. The van der Waals surface area contributed by atoms with E-state index >= 15 is 0 Å². The first-order valence-corrected chi connectivity index (χ1v) is 7.85. The Hall–Kier alpha value is -1.11. The van der Waals surface area contributed by atoms with E-state index in [4.69, 9.17) is 0 Å². The number of phenolic OH excluding ortho intramolecular Hbond substituents is 1. The summed E-state index contributed by atoms with van der Waals surface area (Å²) in [5, 5.41) is 9.95. The van der Waals surface area contributed by atoms with Crippen molar-refractivity contribution in [1.82, 2.24) is 9.03 Å². The second-order valence-corrected chi connectivity index (χ2v) is 6.99. The Bertz CT molecular complexity index is 567. The van der Waals surface area contributed by atoms with Crippen LogP contribution in [0.15, 0.2) is 12.1 Å². The molecule has 0 bridgehead atoms. The largest absolute Gasteiger partial charge is 0.508 e. The Balaban J connectivity index is 2.25. The normalized spacial score (nSPS) is 15.5. The van der Waals surface area contributed by atoms with Crippen LogP contribution in [0.2, 0.25) is 0 Å². The van der Waals surface area contributed by atoms with Gasteiger partial charge in [-0.25, -0.2) is 0 Å². The van der Waals surface area contributed by atoms with Crippen LogP contribution in [0.3, 0.4) is 0 Å². The fourth-order valence-electron chi connectivity index (χ4n) is 2.38. The highest BCUT2D eigenvalue weighted by Gasteiger charge is 2.19. The van der Waals surface area contributed by atoms with E-state index in [1.807, 2.05) is 6.07 Å². The molecule has 0 aliphatic heterocycles. The second kappa shape index (κ2) is 5.48. The van der Waals surface area contributed by atoms with Crippen LogP contribution in [0.4, 0.5) is 0 Å². The summed E-state index contributed by atoms with van der Waals surface area (Å²) in [5.41, 5.74) is 3.04. The summed E-state index contributed by atoms with van der Waals surface area (Å²) >= 11 is 0. The predicted octanol–water partition coefficient (Wildman–Crippen LogP) is 1.17. The van der Waals surface area contributed by atoms with Gasteiger partial charge in [0.15, 0.2) is 0 Å². The van der Waals surface area contributed by atoms with E-state index in [1.54, 1.807) is 6.07 Å². The molecule has 0 unspecified atom stereocenters. The molecule has 2 N–H and O–H groups in total. The van der Waals surface area contributed by atoms with E-state index < -0.39 is 10.2 Å². The number of rotatable bonds is 4. The third kappa shape index (κ3) is 3.08. The smallest absolute Gasteiger partial charge is 0.279 e. The predicted molar refractivity (Wildman–Crippen MR) is 74.2 cm³/mol. The topological polar surface area (TPSA) is 69.6 Å². The molecule has 0 aromatic heterocycles. The summed E-state index contributed by atoms with van der Waals surface area (Å²) in [5.74, 6) is 0.169. The number of phenols is 1. The molecule has 6 heteroatoms. The van der Waals surface area contributed by atoms with Crippen molar-refractivity contribution in [2.24, 2.45) is 0 Å². The lowest BCUT2D eigenvalue weighted by molar-refractivity contribution is 0.462. The molecular weight excluding hydrogens is 264 g/mol. The zero-order valence-corrected chi connectivity index (χ0v) is 12.1. The van der Waals surface area contributed by atoms with E-state index in [2.05, 4.69) is 4.72 Å². The molecule has 0 fully saturated rings. The molecule has 106 valence electrons. The first-order chi connectivity index (χ1) is 8.92. The average molecular weight is 284 g/mol. The standard InChI is InChI=1S/C13H20N2O3S/c1-15(2)19(17,18)14-9-12-11-6-4-3-5-10(11)7-8-13(12)16/h7-8,14,16H,3-6,9H2,1-2H3. The summed E-state index contributed by atoms with van der Waals surface area (Å²) in [6, 6.07) is 3.59. The minimum atomic E-state index is -3.47. The summed E-state index contributed by atoms with van der Waals surface area (Å²) < 4.78 is 27.1. The monoisotopic (exact) mass is 284 g/mol. The van der Waals surface area contributed by atoms with Gasteiger partial charge < -0.3 is 5.11 Å². The molecule has 0 amide bonds. The van der Waals surface area contributed by atoms with E-state index in [0.717, 1.165) is 35.6 Å². The lowest BCUT2D eigenvalue weighted by Gasteiger charge is -2.21. The van der Waals surface area contributed by atoms with Gasteiger partial charge >= 0.3 is 0 Å². The van der Waals surface area contributed by atoms with Gasteiger partial charge in [0.25, 0.3) is 10.2 Å². The molecule has 5 nitrogen and oxygen atoms in total. The summed E-state index contributed by atoms with van der Waals surface area (Å²) in [4.78, 5) is 0. The van der Waals surface area contributed by atoms with Gasteiger partial charge in [-0.1, -0.05) is 6.07 Å². The maximum absolute atomic E-state index is 11.7. The number of hydrogen-bond donors (Lipinski definition) is 2. The highest BCUT2D eigenvalue weighted by molar-refractivity contribution is 7.87. The van der Waals surface area contributed by atoms with E-state index in [9.17, 15) is 13.5 Å². The SMILES string of the molecule is CN(C)S(=O)(=O)NCc1c(O)ccc2c1CCCC2. The van der Waals surface area contributed by atoms with Crippen molar-refractivity contribution < 1.29 is 13.5 Å². The van der Waals surface area contributed by atoms with Crippen molar-refractivity contribution >= 4 is 10.2 Å². The molecule has 2 rings (SSSR count). The zero-order valence-electron chi connectivity index (χ0n) is 11.3. The molecule has 0 saturated heterocycles. The van der Waals surface area contributed by atoms with Crippen LogP contribution >= 0.6 is 0 Å². The van der Waals surface area contributed by atoms with Crippen LogP contribution in [0.25, 0.3) is 0 Å². The fraction of sp³-hybridized carbons (Fsp3) is 0.538. The van der Waals surface area contributed by atoms with Gasteiger partial charge in [-0.3, -0.25) is 0 Å². The first-order valence-electron chi connectivity index (χ1n) is 6.41. The molecule has 1 aromatic rings. The van der Waals surface area contributed by atoms with Crippen molar-refractivity contribution in [3.05, 3.63) is 28.8 Å². The lowest BCUT2D eigenvalue weighted by Crippen LogP contribution is -2.35. The van der Waals surface area contributed by atoms with Crippen LogP contribution in [0, 0.1) is 0 Å². The Labute approximate surface area is 114 Å². The van der Waals surface area contributed by atoms with Crippen LogP contribution < -0.4 is 4.72 Å². The summed E-state index contributed by atoms with van der Waals surface area (Å²) in [6.07, 6.45) is 4.15. The number of benzene rings is 1. The van der Waals surface area contributed by atoms with Gasteiger partial charge in [-0.2, -0.15) is 17.4 Å². The highest BCUT2D eigenvalue weighted by Crippen LogP contribution is 2.30. The van der Waals surface area contributed by atoms with E-state index in [-0.39, 0.29) is 12.3 Å². The van der Waals surface area contributed by atoms with Crippen LogP contribution in [-0.2, 0) is 29.6 Å². The molecule has 0 saturated carbocycles. The minimum absolute atomic E-state index is 0.134. The Morgan fingerprint density at radius 2 is 1.95 bits per heavy atom. The number of aromatic hydroxyl groups is 1. The molecule has 1 aliphatic rings. The van der Waals surface area contributed by atoms with Gasteiger partial charge in [0.2, 0.25) is 0 Å². The van der Waals surface area contributed by atoms with Gasteiger partial charge in [0.1, 0.15) is 5.75 Å². The third-order valence-electron chi connectivity index (χ3n) is 3.54. The molecule has 1 aromatic carbocycles. The minimum Gasteiger partial charge on any atom is -0.508 e. The molecule has 0 heterocycles. The molecular formula is C13H20N2O3S. The molecule has 0 radical (unpaired) electrons. The number of hydrogen-bond acceptors (Lipinski definition) is 3. The number of nitrogens with zero attached hydrogens (tertiary/aromatic N) is 1. The van der Waals surface area contributed by atoms with Crippen molar-refractivity contribution in [1.29, 1.82) is 0 Å². The Morgan fingerprint density at radius 3 is 2.63 bits per heavy atom. The molecule has 0 spiro atoms. The maximum Gasteiger partial charge on any atom is 0.279 e. The molecule has 0 atom stereocenters. The second-order valence-electron chi connectivity index (χ2n) is 5.02. The summed E-state index contributed by atoms with van der Waals surface area (Å²) in [7, 11) is -0.518. The number of aryl methyl sites for hydroxylation is 1. The van der Waals surface area contributed by atoms with Gasteiger partial charge in [0.05, 0.1) is 0 Å². The fourth-order valence-corrected chi connectivity index (χ4v) is 2.97.